The lowest BCUT2D eigenvalue weighted by Gasteiger charge is -2.27. The van der Waals surface area contributed by atoms with Gasteiger partial charge in [0.1, 0.15) is 5.75 Å². The van der Waals surface area contributed by atoms with E-state index in [1.165, 1.54) is 7.11 Å². The Morgan fingerprint density at radius 2 is 1.95 bits per heavy atom. The third-order valence-electron chi connectivity index (χ3n) is 2.66. The van der Waals surface area contributed by atoms with Crippen LogP contribution in [0, 0.1) is 5.41 Å². The zero-order chi connectivity index (χ0) is 15.3. The highest BCUT2D eigenvalue weighted by Crippen LogP contribution is 2.17. The molecule has 0 saturated carbocycles. The molecule has 0 heterocycles. The van der Waals surface area contributed by atoms with Crippen LogP contribution >= 0.6 is 0 Å². The van der Waals surface area contributed by atoms with Gasteiger partial charge in [0.15, 0.2) is 5.78 Å². The van der Waals surface area contributed by atoms with Crippen molar-refractivity contribution < 1.29 is 19.4 Å². The fourth-order valence-electron chi connectivity index (χ4n) is 1.82. The van der Waals surface area contributed by atoms with Crippen LogP contribution in [0.25, 0.3) is 0 Å². The highest BCUT2D eigenvalue weighted by Gasteiger charge is 2.23. The van der Waals surface area contributed by atoms with Gasteiger partial charge >= 0.3 is 6.09 Å². The molecular formula is C15H21NO4. The summed E-state index contributed by atoms with van der Waals surface area (Å²) in [6, 6.07) is 6.71. The van der Waals surface area contributed by atoms with Gasteiger partial charge in [0.25, 0.3) is 0 Å². The lowest BCUT2D eigenvalue weighted by Crippen LogP contribution is -2.40. The number of Topliss-reactive ketones (excluding diaryl/α,β-unsaturated/α-hetero) is 1. The van der Waals surface area contributed by atoms with Gasteiger partial charge in [-0.1, -0.05) is 32.9 Å². The number of carbonyl (C=O) groups excluding carboxylic acids is 1. The standard InChI is InChI=1S/C15H21NO4/c1-15(2,3)10-16(14(18)19)9-13(17)11-6-5-7-12(8-11)20-4/h5-8H,9-10H2,1-4H3,(H,18,19). The molecule has 0 aromatic heterocycles. The summed E-state index contributed by atoms with van der Waals surface area (Å²) >= 11 is 0. The van der Waals surface area contributed by atoms with E-state index < -0.39 is 6.09 Å². The molecule has 5 heteroatoms. The lowest BCUT2D eigenvalue weighted by molar-refractivity contribution is 0.0868. The van der Waals surface area contributed by atoms with Crippen molar-refractivity contribution in [3.05, 3.63) is 29.8 Å². The molecule has 0 fully saturated rings. The average molecular weight is 279 g/mol. The molecule has 0 aliphatic rings. The Balaban J connectivity index is 2.82. The second-order valence-electron chi connectivity index (χ2n) is 5.85. The zero-order valence-electron chi connectivity index (χ0n) is 12.3. The fourth-order valence-corrected chi connectivity index (χ4v) is 1.82. The molecule has 1 rings (SSSR count). The number of hydrogen-bond acceptors (Lipinski definition) is 3. The van der Waals surface area contributed by atoms with Crippen LogP contribution in [0.3, 0.4) is 0 Å². The van der Waals surface area contributed by atoms with Crippen molar-refractivity contribution in [3.63, 3.8) is 0 Å². The topological polar surface area (TPSA) is 66.8 Å². The second kappa shape index (κ2) is 6.41. The van der Waals surface area contributed by atoms with Crippen molar-refractivity contribution in [2.75, 3.05) is 20.2 Å². The summed E-state index contributed by atoms with van der Waals surface area (Å²) in [5, 5.41) is 9.18. The lowest BCUT2D eigenvalue weighted by atomic mass is 9.96. The number of carboxylic acid groups (broad SMARTS) is 1. The van der Waals surface area contributed by atoms with Crippen LogP contribution < -0.4 is 4.74 Å². The Hall–Kier alpha value is -2.04. The minimum absolute atomic E-state index is 0.153. The molecule has 0 atom stereocenters. The van der Waals surface area contributed by atoms with E-state index >= 15 is 0 Å². The first kappa shape index (κ1) is 16.0. The number of ketones is 1. The van der Waals surface area contributed by atoms with E-state index in [-0.39, 0.29) is 17.7 Å². The van der Waals surface area contributed by atoms with Gasteiger partial charge in [0.2, 0.25) is 0 Å². The number of benzene rings is 1. The van der Waals surface area contributed by atoms with Crippen molar-refractivity contribution >= 4 is 11.9 Å². The molecular weight excluding hydrogens is 258 g/mol. The van der Waals surface area contributed by atoms with Crippen molar-refractivity contribution in [2.45, 2.75) is 20.8 Å². The van der Waals surface area contributed by atoms with Crippen molar-refractivity contribution in [2.24, 2.45) is 5.41 Å². The number of carbonyl (C=O) groups is 2. The number of rotatable bonds is 5. The maximum atomic E-state index is 12.2. The van der Waals surface area contributed by atoms with E-state index in [2.05, 4.69) is 0 Å². The molecule has 0 aliphatic carbocycles. The monoisotopic (exact) mass is 279 g/mol. The third kappa shape index (κ3) is 4.91. The first-order valence-corrected chi connectivity index (χ1v) is 6.38. The third-order valence-corrected chi connectivity index (χ3v) is 2.66. The highest BCUT2D eigenvalue weighted by molar-refractivity contribution is 5.99. The summed E-state index contributed by atoms with van der Waals surface area (Å²) in [6.45, 7) is 5.94. The molecule has 0 bridgehead atoms. The van der Waals surface area contributed by atoms with Gasteiger partial charge in [-0.05, 0) is 17.5 Å². The number of ether oxygens (including phenoxy) is 1. The van der Waals surface area contributed by atoms with E-state index in [1.54, 1.807) is 24.3 Å². The van der Waals surface area contributed by atoms with Crippen LogP contribution in [0.5, 0.6) is 5.75 Å². The van der Waals surface area contributed by atoms with Crippen LogP contribution in [-0.2, 0) is 0 Å². The van der Waals surface area contributed by atoms with Gasteiger partial charge in [0.05, 0.1) is 13.7 Å². The van der Waals surface area contributed by atoms with Crippen molar-refractivity contribution in [3.8, 4) is 5.75 Å². The van der Waals surface area contributed by atoms with Gasteiger partial charge in [0, 0.05) is 12.1 Å². The predicted molar refractivity (Wildman–Crippen MR) is 76.4 cm³/mol. The predicted octanol–water partition coefficient (Wildman–Crippen LogP) is 2.90. The largest absolute Gasteiger partial charge is 0.497 e. The summed E-state index contributed by atoms with van der Waals surface area (Å²) in [5.74, 6) is 0.337. The van der Waals surface area contributed by atoms with E-state index in [1.807, 2.05) is 20.8 Å². The van der Waals surface area contributed by atoms with Gasteiger partial charge in [-0.3, -0.25) is 4.79 Å². The molecule has 1 aromatic rings. The smallest absolute Gasteiger partial charge is 0.407 e. The molecule has 5 nitrogen and oxygen atoms in total. The quantitative estimate of drug-likeness (QED) is 0.841. The van der Waals surface area contributed by atoms with Gasteiger partial charge in [-0.2, -0.15) is 0 Å². The summed E-state index contributed by atoms with van der Waals surface area (Å²) in [4.78, 5) is 24.5. The molecule has 0 radical (unpaired) electrons. The van der Waals surface area contributed by atoms with Crippen LogP contribution in [-0.4, -0.2) is 42.1 Å². The van der Waals surface area contributed by atoms with E-state index in [0.29, 0.717) is 17.9 Å². The number of amides is 1. The SMILES string of the molecule is COc1cccc(C(=O)CN(CC(C)(C)C)C(=O)O)c1. The maximum absolute atomic E-state index is 12.2. The normalized spacial score (nSPS) is 11.0. The van der Waals surface area contributed by atoms with Gasteiger partial charge in [-0.25, -0.2) is 4.79 Å². The summed E-state index contributed by atoms with van der Waals surface area (Å²) in [7, 11) is 1.52. The zero-order valence-corrected chi connectivity index (χ0v) is 12.3. The van der Waals surface area contributed by atoms with Crippen LogP contribution in [0.15, 0.2) is 24.3 Å². The van der Waals surface area contributed by atoms with E-state index in [0.717, 1.165) is 4.90 Å². The molecule has 1 amide bonds. The van der Waals surface area contributed by atoms with Crippen LogP contribution in [0.1, 0.15) is 31.1 Å². The summed E-state index contributed by atoms with van der Waals surface area (Å²) in [5.41, 5.74) is 0.247. The molecule has 110 valence electrons. The first-order valence-electron chi connectivity index (χ1n) is 6.38. The Labute approximate surface area is 119 Å². The molecule has 0 unspecified atom stereocenters. The summed E-state index contributed by atoms with van der Waals surface area (Å²) in [6.07, 6.45) is -1.09. The molecule has 1 aromatic carbocycles. The number of methoxy groups -OCH3 is 1. The first-order chi connectivity index (χ1) is 9.23. The number of hydrogen-bond donors (Lipinski definition) is 1. The molecule has 20 heavy (non-hydrogen) atoms. The average Bonchev–Trinajstić information content (AvgIpc) is 2.36. The van der Waals surface area contributed by atoms with E-state index in [4.69, 9.17) is 4.74 Å². The van der Waals surface area contributed by atoms with Gasteiger partial charge in [-0.15, -0.1) is 0 Å². The Bertz CT molecular complexity index is 491. The molecule has 0 spiro atoms. The maximum Gasteiger partial charge on any atom is 0.407 e. The van der Waals surface area contributed by atoms with E-state index in [9.17, 15) is 14.7 Å². The molecule has 1 N–H and O–H groups in total. The Morgan fingerprint density at radius 1 is 1.30 bits per heavy atom. The minimum Gasteiger partial charge on any atom is -0.497 e. The highest BCUT2D eigenvalue weighted by atomic mass is 16.5. The summed E-state index contributed by atoms with van der Waals surface area (Å²) < 4.78 is 5.06. The number of nitrogens with zero attached hydrogens (tertiary/aromatic N) is 1. The van der Waals surface area contributed by atoms with Crippen molar-refractivity contribution in [1.29, 1.82) is 0 Å². The fraction of sp³-hybridized carbons (Fsp3) is 0.467. The van der Waals surface area contributed by atoms with Gasteiger partial charge < -0.3 is 14.7 Å². The van der Waals surface area contributed by atoms with Crippen molar-refractivity contribution in [1.82, 2.24) is 4.90 Å². The molecule has 0 saturated heterocycles. The van der Waals surface area contributed by atoms with Crippen LogP contribution in [0.2, 0.25) is 0 Å². The second-order valence-corrected chi connectivity index (χ2v) is 5.85. The molecule has 0 aliphatic heterocycles. The minimum atomic E-state index is -1.09. The Morgan fingerprint density at radius 3 is 2.45 bits per heavy atom. The van der Waals surface area contributed by atoms with Crippen LogP contribution in [0.4, 0.5) is 4.79 Å². The Kier molecular flexibility index (Phi) is 5.13.